The minimum absolute atomic E-state index is 0.0350. The second-order valence-corrected chi connectivity index (χ2v) is 7.23. The number of aromatic nitrogens is 1. The van der Waals surface area contributed by atoms with Gasteiger partial charge in [0.15, 0.2) is 0 Å². The molecule has 0 aliphatic carbocycles. The van der Waals surface area contributed by atoms with Crippen molar-refractivity contribution < 1.29 is 19.0 Å². The van der Waals surface area contributed by atoms with Crippen molar-refractivity contribution in [3.63, 3.8) is 0 Å². The lowest BCUT2D eigenvalue weighted by atomic mass is 10.1. The quantitative estimate of drug-likeness (QED) is 0.461. The van der Waals surface area contributed by atoms with Crippen molar-refractivity contribution in [3.8, 4) is 26.8 Å². The van der Waals surface area contributed by atoms with Crippen LogP contribution in [0.15, 0.2) is 60.7 Å². The van der Waals surface area contributed by atoms with Gasteiger partial charge in [0.05, 0.1) is 28.3 Å². The van der Waals surface area contributed by atoms with Crippen LogP contribution in [-0.2, 0) is 0 Å². The summed E-state index contributed by atoms with van der Waals surface area (Å²) in [6.45, 7) is 2.53. The number of halogens is 1. The Hall–Kier alpha value is -3.25. The number of hydrogen-bond acceptors (Lipinski definition) is 4. The van der Waals surface area contributed by atoms with E-state index < -0.39 is 11.8 Å². The molecule has 2 heterocycles. The highest BCUT2D eigenvalue weighted by atomic mass is 32.1. The molecule has 0 aliphatic heterocycles. The summed E-state index contributed by atoms with van der Waals surface area (Å²) in [4.78, 5) is 18.1. The number of aromatic carboxylic acids is 1. The molecule has 6 heteroatoms. The van der Waals surface area contributed by atoms with Crippen LogP contribution in [0.2, 0.25) is 0 Å². The van der Waals surface area contributed by atoms with Gasteiger partial charge in [0, 0.05) is 10.3 Å². The van der Waals surface area contributed by atoms with E-state index in [0.717, 1.165) is 21.1 Å². The highest BCUT2D eigenvalue weighted by Gasteiger charge is 2.15. The normalized spacial score (nSPS) is 10.9. The summed E-state index contributed by atoms with van der Waals surface area (Å²) in [5, 5.41) is 9.84. The third kappa shape index (κ3) is 3.46. The minimum atomic E-state index is -1.11. The Morgan fingerprint density at radius 2 is 1.93 bits per heavy atom. The fraction of sp³-hybridized carbons (Fsp3) is 0.0909. The molecule has 0 spiro atoms. The first-order valence-corrected chi connectivity index (χ1v) is 9.54. The van der Waals surface area contributed by atoms with Crippen molar-refractivity contribution in [2.75, 3.05) is 6.61 Å². The predicted molar refractivity (Wildman–Crippen MR) is 109 cm³/mol. The van der Waals surface area contributed by atoms with Crippen molar-refractivity contribution >= 4 is 28.2 Å². The predicted octanol–water partition coefficient (Wildman–Crippen LogP) is 5.87. The summed E-state index contributed by atoms with van der Waals surface area (Å²) in [7, 11) is 0. The van der Waals surface area contributed by atoms with Crippen molar-refractivity contribution in [2.24, 2.45) is 0 Å². The number of nitrogens with zero attached hydrogens (tertiary/aromatic N) is 1. The van der Waals surface area contributed by atoms with Gasteiger partial charge >= 0.3 is 5.97 Å². The molecule has 4 nitrogen and oxygen atoms in total. The van der Waals surface area contributed by atoms with E-state index in [1.165, 1.54) is 35.6 Å². The molecular formula is C22H16FNO3S. The van der Waals surface area contributed by atoms with Gasteiger partial charge in [-0.1, -0.05) is 12.1 Å². The Kier molecular flexibility index (Phi) is 4.79. The zero-order chi connectivity index (χ0) is 19.7. The molecule has 2 aromatic heterocycles. The third-order valence-corrected chi connectivity index (χ3v) is 5.45. The molecule has 1 N–H and O–H groups in total. The molecule has 4 rings (SSSR count). The fourth-order valence-electron chi connectivity index (χ4n) is 3.04. The highest BCUT2D eigenvalue weighted by Crippen LogP contribution is 2.36. The molecule has 0 atom stereocenters. The van der Waals surface area contributed by atoms with Crippen LogP contribution in [0, 0.1) is 5.82 Å². The molecule has 0 unspecified atom stereocenters. The monoisotopic (exact) mass is 393 g/mol. The maximum absolute atomic E-state index is 13.6. The molecule has 0 fully saturated rings. The summed E-state index contributed by atoms with van der Waals surface area (Å²) in [6, 6.07) is 17.2. The fourth-order valence-corrected chi connectivity index (χ4v) is 4.00. The van der Waals surface area contributed by atoms with Gasteiger partial charge in [-0.05, 0) is 61.0 Å². The van der Waals surface area contributed by atoms with Gasteiger partial charge < -0.3 is 9.84 Å². The molecule has 0 amide bonds. The zero-order valence-electron chi connectivity index (χ0n) is 15.0. The number of benzene rings is 2. The van der Waals surface area contributed by atoms with E-state index in [1.54, 1.807) is 0 Å². The number of carboxylic acids is 1. The van der Waals surface area contributed by atoms with E-state index in [9.17, 15) is 14.3 Å². The maximum atomic E-state index is 13.6. The summed E-state index contributed by atoms with van der Waals surface area (Å²) >= 11 is 1.51. The van der Waals surface area contributed by atoms with Gasteiger partial charge in [0.25, 0.3) is 0 Å². The van der Waals surface area contributed by atoms with Crippen molar-refractivity contribution in [2.45, 2.75) is 6.92 Å². The zero-order valence-corrected chi connectivity index (χ0v) is 15.8. The second-order valence-electron chi connectivity index (χ2n) is 6.15. The van der Waals surface area contributed by atoms with Crippen molar-refractivity contribution in [1.82, 2.24) is 4.98 Å². The Balaban J connectivity index is 1.78. The minimum Gasteiger partial charge on any atom is -0.494 e. The van der Waals surface area contributed by atoms with E-state index in [0.29, 0.717) is 17.8 Å². The second kappa shape index (κ2) is 7.40. The van der Waals surface area contributed by atoms with Crippen LogP contribution in [0.4, 0.5) is 4.39 Å². The van der Waals surface area contributed by atoms with Crippen LogP contribution in [0.25, 0.3) is 31.9 Å². The number of pyridine rings is 1. The first-order chi connectivity index (χ1) is 13.5. The molecule has 0 aliphatic rings. The first kappa shape index (κ1) is 18.1. The van der Waals surface area contributed by atoms with Gasteiger partial charge in [-0.15, -0.1) is 11.3 Å². The van der Waals surface area contributed by atoms with E-state index in [4.69, 9.17) is 4.74 Å². The van der Waals surface area contributed by atoms with Crippen LogP contribution in [0.3, 0.4) is 0 Å². The molecule has 4 aromatic rings. The van der Waals surface area contributed by atoms with E-state index in [2.05, 4.69) is 4.98 Å². The number of carbonyl (C=O) groups is 1. The van der Waals surface area contributed by atoms with E-state index >= 15 is 0 Å². The summed E-state index contributed by atoms with van der Waals surface area (Å²) in [5.41, 5.74) is 2.05. The summed E-state index contributed by atoms with van der Waals surface area (Å²) < 4.78 is 19.1. The van der Waals surface area contributed by atoms with Gasteiger partial charge in [-0.3, -0.25) is 0 Å². The van der Waals surface area contributed by atoms with Crippen LogP contribution < -0.4 is 4.74 Å². The van der Waals surface area contributed by atoms with Crippen LogP contribution in [0.5, 0.6) is 5.75 Å². The topological polar surface area (TPSA) is 59.4 Å². The number of rotatable bonds is 5. The number of carboxylic acid groups (broad SMARTS) is 1. The number of ether oxygens (including phenoxy) is 1. The van der Waals surface area contributed by atoms with Crippen LogP contribution in [-0.4, -0.2) is 22.7 Å². The molecular weight excluding hydrogens is 377 g/mol. The average Bonchev–Trinajstić information content (AvgIpc) is 3.18. The smallest absolute Gasteiger partial charge is 0.336 e. The van der Waals surface area contributed by atoms with Gasteiger partial charge in [0.2, 0.25) is 0 Å². The molecule has 0 bridgehead atoms. The Bertz CT molecular complexity index is 1190. The van der Waals surface area contributed by atoms with Crippen molar-refractivity contribution in [3.05, 3.63) is 72.0 Å². The lowest BCUT2D eigenvalue weighted by molar-refractivity contribution is 0.0699. The first-order valence-electron chi connectivity index (χ1n) is 8.72. The number of thiophene rings is 1. The summed E-state index contributed by atoms with van der Waals surface area (Å²) in [6.07, 6.45) is 0. The Morgan fingerprint density at radius 3 is 2.71 bits per heavy atom. The third-order valence-electron chi connectivity index (χ3n) is 4.29. The molecule has 0 radical (unpaired) electrons. The number of fused-ring (bicyclic) bond motifs is 1. The summed E-state index contributed by atoms with van der Waals surface area (Å²) in [5.74, 6) is -0.799. The largest absolute Gasteiger partial charge is 0.494 e. The van der Waals surface area contributed by atoms with Gasteiger partial charge in [-0.2, -0.15) is 0 Å². The van der Waals surface area contributed by atoms with Crippen molar-refractivity contribution in [1.29, 1.82) is 0 Å². The highest BCUT2D eigenvalue weighted by molar-refractivity contribution is 7.18. The molecule has 28 heavy (non-hydrogen) atoms. The number of hydrogen-bond donors (Lipinski definition) is 1. The van der Waals surface area contributed by atoms with Gasteiger partial charge in [-0.25, -0.2) is 14.2 Å². The molecule has 140 valence electrons. The molecule has 0 saturated heterocycles. The lowest BCUT2D eigenvalue weighted by Crippen LogP contribution is -2.00. The Morgan fingerprint density at radius 1 is 1.11 bits per heavy atom. The van der Waals surface area contributed by atoms with Crippen LogP contribution in [0.1, 0.15) is 17.3 Å². The van der Waals surface area contributed by atoms with E-state index in [1.807, 2.05) is 43.3 Å². The van der Waals surface area contributed by atoms with Crippen LogP contribution >= 0.6 is 11.3 Å². The molecule has 2 aromatic carbocycles. The standard InChI is InChI=1S/C22H16FNO3S/c1-2-27-15-5-3-4-13(10-15)20-8-9-21(28-20)19-12-17(22(25)26)16-11-14(23)6-7-18(16)24-19/h3-12H,2H2,1H3,(H,25,26). The van der Waals surface area contributed by atoms with E-state index in [-0.39, 0.29) is 10.9 Å². The van der Waals surface area contributed by atoms with Gasteiger partial charge in [0.1, 0.15) is 11.6 Å². The average molecular weight is 393 g/mol. The Labute approximate surface area is 164 Å². The lowest BCUT2D eigenvalue weighted by Gasteiger charge is -2.06. The SMILES string of the molecule is CCOc1cccc(-c2ccc(-c3cc(C(=O)O)c4cc(F)ccc4n3)s2)c1. The maximum Gasteiger partial charge on any atom is 0.336 e. The molecule has 0 saturated carbocycles.